The smallest absolute Gasteiger partial charge is 0.145 e. The molecule has 0 unspecified atom stereocenters. The molecule has 0 amide bonds. The van der Waals surface area contributed by atoms with Crippen LogP contribution in [0.3, 0.4) is 0 Å². The quantitative estimate of drug-likeness (QED) is 0.188. The predicted octanol–water partition coefficient (Wildman–Crippen LogP) is 13.5. The fourth-order valence-corrected chi connectivity index (χ4v) is 9.21. The molecule has 8 aromatic carbocycles. The zero-order valence-corrected chi connectivity index (χ0v) is 27.2. The van der Waals surface area contributed by atoms with E-state index >= 15 is 0 Å². The van der Waals surface area contributed by atoms with Crippen LogP contribution in [0, 0.1) is 0 Å². The Bertz CT molecular complexity index is 3100. The summed E-state index contributed by atoms with van der Waals surface area (Å²) in [5.41, 5.74) is 10.2. The molecule has 3 aromatic heterocycles. The Morgan fingerprint density at radius 2 is 1.20 bits per heavy atom. The molecular formula is C46H27NOS. The molecule has 228 valence electrons. The lowest BCUT2D eigenvalue weighted by Crippen LogP contribution is -1.96. The number of fused-ring (bicyclic) bond motifs is 11. The number of furan rings is 1. The fraction of sp³-hybridized carbons (Fsp3) is 0. The highest BCUT2D eigenvalue weighted by Gasteiger charge is 2.21. The van der Waals surface area contributed by atoms with Gasteiger partial charge < -0.3 is 8.98 Å². The largest absolute Gasteiger partial charge is 0.455 e. The Labute approximate surface area is 285 Å². The first kappa shape index (κ1) is 26.9. The second-order valence-corrected chi connectivity index (χ2v) is 13.9. The van der Waals surface area contributed by atoms with Crippen molar-refractivity contribution < 1.29 is 4.42 Å². The van der Waals surface area contributed by atoms with E-state index in [1.54, 1.807) is 0 Å². The van der Waals surface area contributed by atoms with Crippen LogP contribution in [0.25, 0.3) is 103 Å². The third kappa shape index (κ3) is 3.88. The first-order valence-electron chi connectivity index (χ1n) is 16.7. The topological polar surface area (TPSA) is 18.1 Å². The minimum atomic E-state index is 0.913. The van der Waals surface area contributed by atoms with E-state index in [4.69, 9.17) is 4.42 Å². The van der Waals surface area contributed by atoms with E-state index in [-0.39, 0.29) is 0 Å². The monoisotopic (exact) mass is 641 g/mol. The Kier molecular flexibility index (Phi) is 5.57. The molecule has 3 heteroatoms. The zero-order chi connectivity index (χ0) is 32.1. The Balaban J connectivity index is 1.27. The van der Waals surface area contributed by atoms with Gasteiger partial charge in [-0.25, -0.2) is 0 Å². The van der Waals surface area contributed by atoms with Crippen molar-refractivity contribution in [2.24, 2.45) is 0 Å². The molecule has 0 aliphatic rings. The van der Waals surface area contributed by atoms with Crippen molar-refractivity contribution >= 4 is 86.0 Å². The Morgan fingerprint density at radius 3 is 2.12 bits per heavy atom. The number of thiophene rings is 1. The first-order chi connectivity index (χ1) is 24.3. The van der Waals surface area contributed by atoms with Gasteiger partial charge in [-0.15, -0.1) is 11.3 Å². The van der Waals surface area contributed by atoms with Gasteiger partial charge in [0.05, 0.1) is 16.4 Å². The van der Waals surface area contributed by atoms with Crippen LogP contribution in [0.4, 0.5) is 0 Å². The van der Waals surface area contributed by atoms with Gasteiger partial charge in [0, 0.05) is 47.6 Å². The molecule has 0 saturated carbocycles. The van der Waals surface area contributed by atoms with Crippen LogP contribution in [-0.4, -0.2) is 4.57 Å². The molecule has 0 aliphatic carbocycles. The maximum Gasteiger partial charge on any atom is 0.145 e. The zero-order valence-electron chi connectivity index (χ0n) is 26.4. The molecule has 0 atom stereocenters. The molecule has 0 N–H and O–H groups in total. The lowest BCUT2D eigenvalue weighted by atomic mass is 9.96. The van der Waals surface area contributed by atoms with Gasteiger partial charge in [-0.2, -0.15) is 0 Å². The predicted molar refractivity (Wildman–Crippen MR) is 209 cm³/mol. The number of aromatic nitrogens is 1. The van der Waals surface area contributed by atoms with Crippen molar-refractivity contribution in [3.8, 4) is 27.9 Å². The van der Waals surface area contributed by atoms with E-state index < -0.39 is 0 Å². The summed E-state index contributed by atoms with van der Waals surface area (Å²) in [7, 11) is 0. The van der Waals surface area contributed by atoms with Gasteiger partial charge >= 0.3 is 0 Å². The number of nitrogens with zero attached hydrogens (tertiary/aromatic N) is 1. The van der Waals surface area contributed by atoms with Crippen LogP contribution in [0.15, 0.2) is 168 Å². The van der Waals surface area contributed by atoms with Crippen molar-refractivity contribution in [1.82, 2.24) is 4.57 Å². The van der Waals surface area contributed by atoms with Crippen LogP contribution in [0.2, 0.25) is 0 Å². The minimum Gasteiger partial charge on any atom is -0.455 e. The third-order valence-corrected chi connectivity index (χ3v) is 11.4. The number of hydrogen-bond donors (Lipinski definition) is 0. The summed E-state index contributed by atoms with van der Waals surface area (Å²) < 4.78 is 11.8. The molecule has 11 aromatic rings. The maximum absolute atomic E-state index is 6.67. The third-order valence-electron chi connectivity index (χ3n) is 10.2. The van der Waals surface area contributed by atoms with E-state index in [9.17, 15) is 0 Å². The van der Waals surface area contributed by atoms with Crippen molar-refractivity contribution in [2.45, 2.75) is 0 Å². The average Bonchev–Trinajstić information content (AvgIpc) is 3.84. The van der Waals surface area contributed by atoms with E-state index in [1.807, 2.05) is 17.4 Å². The van der Waals surface area contributed by atoms with Gasteiger partial charge in [-0.3, -0.25) is 0 Å². The summed E-state index contributed by atoms with van der Waals surface area (Å²) in [5.74, 6) is 0. The van der Waals surface area contributed by atoms with E-state index in [0.29, 0.717) is 0 Å². The van der Waals surface area contributed by atoms with E-state index in [1.165, 1.54) is 58.6 Å². The number of benzene rings is 8. The van der Waals surface area contributed by atoms with Gasteiger partial charge in [0.2, 0.25) is 0 Å². The molecule has 49 heavy (non-hydrogen) atoms. The molecule has 0 saturated heterocycles. The number of rotatable bonds is 3. The average molecular weight is 642 g/mol. The molecule has 0 fully saturated rings. The number of para-hydroxylation sites is 1. The normalized spacial score (nSPS) is 12.1. The van der Waals surface area contributed by atoms with Crippen LogP contribution in [0.5, 0.6) is 0 Å². The van der Waals surface area contributed by atoms with Crippen LogP contribution >= 0.6 is 11.3 Å². The summed E-state index contributed by atoms with van der Waals surface area (Å²) in [6, 6.07) is 59.5. The highest BCUT2D eigenvalue weighted by molar-refractivity contribution is 7.26. The van der Waals surface area contributed by atoms with E-state index in [2.05, 4.69) is 162 Å². The SMILES string of the molecule is c1ccc(-c2ccc3c4c5oc6ccccc6c5ccc4n(-c4cc(-c5cccc6c5sc5ccccc56)c5ccccc5c4)c3c2)cc1. The Morgan fingerprint density at radius 1 is 0.449 bits per heavy atom. The lowest BCUT2D eigenvalue weighted by Gasteiger charge is -2.15. The second-order valence-electron chi connectivity index (χ2n) is 12.9. The summed E-state index contributed by atoms with van der Waals surface area (Å²) >= 11 is 1.88. The summed E-state index contributed by atoms with van der Waals surface area (Å²) in [6.45, 7) is 0. The molecule has 0 radical (unpaired) electrons. The minimum absolute atomic E-state index is 0.913. The van der Waals surface area contributed by atoms with Crippen molar-refractivity contribution in [3.05, 3.63) is 164 Å². The molecule has 0 spiro atoms. The van der Waals surface area contributed by atoms with Crippen LogP contribution in [0.1, 0.15) is 0 Å². The second kappa shape index (κ2) is 10.2. The first-order valence-corrected chi connectivity index (χ1v) is 17.5. The van der Waals surface area contributed by atoms with Crippen LogP contribution < -0.4 is 0 Å². The van der Waals surface area contributed by atoms with Crippen molar-refractivity contribution in [2.75, 3.05) is 0 Å². The summed E-state index contributed by atoms with van der Waals surface area (Å²) in [5, 5.41) is 9.70. The Hall–Kier alpha value is -6.16. The van der Waals surface area contributed by atoms with Crippen molar-refractivity contribution in [3.63, 3.8) is 0 Å². The maximum atomic E-state index is 6.67. The van der Waals surface area contributed by atoms with Gasteiger partial charge in [0.1, 0.15) is 11.2 Å². The molecular weight excluding hydrogens is 615 g/mol. The van der Waals surface area contributed by atoms with E-state index in [0.717, 1.165) is 44.0 Å². The molecule has 3 heterocycles. The van der Waals surface area contributed by atoms with Gasteiger partial charge in [0.25, 0.3) is 0 Å². The van der Waals surface area contributed by atoms with Gasteiger partial charge in [-0.05, 0) is 69.9 Å². The highest BCUT2D eigenvalue weighted by Crippen LogP contribution is 2.45. The molecule has 0 bridgehead atoms. The highest BCUT2D eigenvalue weighted by atomic mass is 32.1. The fourth-order valence-electron chi connectivity index (χ4n) is 7.98. The van der Waals surface area contributed by atoms with Gasteiger partial charge in [-0.1, -0.05) is 121 Å². The summed E-state index contributed by atoms with van der Waals surface area (Å²) in [6.07, 6.45) is 0. The molecule has 2 nitrogen and oxygen atoms in total. The lowest BCUT2D eigenvalue weighted by molar-refractivity contribution is 0.673. The van der Waals surface area contributed by atoms with Crippen LogP contribution in [-0.2, 0) is 0 Å². The standard InChI is InChI=1S/C46H27NOS/c1-2-11-28(12-3-1)29-21-22-38-41(26-29)47(40-24-23-35-33-15-6-8-19-42(33)48-45(35)44(38)40)31-25-30-13-4-5-14-32(30)39(27-31)37-18-10-17-36-34-16-7-9-20-43(34)49-46(36)37/h1-27H. The number of hydrogen-bond acceptors (Lipinski definition) is 2. The van der Waals surface area contributed by atoms with Crippen molar-refractivity contribution in [1.29, 1.82) is 0 Å². The van der Waals surface area contributed by atoms with Gasteiger partial charge in [0.15, 0.2) is 0 Å². The molecule has 11 rings (SSSR count). The summed E-state index contributed by atoms with van der Waals surface area (Å²) in [4.78, 5) is 0. The molecule has 0 aliphatic heterocycles.